The largest absolute Gasteiger partial charge is 0.422 e. The average molecular weight is 346 g/mol. The lowest BCUT2D eigenvalue weighted by Gasteiger charge is -2.02. The SMILES string of the molecule is Nc1c(C(=O)Oc2ccccc2)sc2nc(-c3ccccc3)ccc12. The van der Waals surface area contributed by atoms with E-state index in [1.165, 1.54) is 11.3 Å². The molecule has 0 saturated heterocycles. The van der Waals surface area contributed by atoms with Crippen molar-refractivity contribution >= 4 is 33.2 Å². The number of hydrogen-bond acceptors (Lipinski definition) is 5. The number of ether oxygens (including phenoxy) is 1. The number of esters is 1. The summed E-state index contributed by atoms with van der Waals surface area (Å²) in [5.41, 5.74) is 8.43. The summed E-state index contributed by atoms with van der Waals surface area (Å²) in [5.74, 6) is 0.0234. The van der Waals surface area contributed by atoms with Gasteiger partial charge in [-0.2, -0.15) is 0 Å². The van der Waals surface area contributed by atoms with Crippen LogP contribution in [-0.4, -0.2) is 11.0 Å². The maximum absolute atomic E-state index is 12.4. The van der Waals surface area contributed by atoms with E-state index < -0.39 is 5.97 Å². The number of carbonyl (C=O) groups is 1. The predicted molar refractivity (Wildman–Crippen MR) is 101 cm³/mol. The molecule has 0 aliphatic heterocycles. The topological polar surface area (TPSA) is 65.2 Å². The number of anilines is 1. The molecule has 4 rings (SSSR count). The van der Waals surface area contributed by atoms with Gasteiger partial charge in [0.15, 0.2) is 0 Å². The third kappa shape index (κ3) is 2.97. The Kier molecular flexibility index (Phi) is 3.91. The Labute approximate surface area is 148 Å². The van der Waals surface area contributed by atoms with Crippen LogP contribution < -0.4 is 10.5 Å². The summed E-state index contributed by atoms with van der Waals surface area (Å²) in [6.07, 6.45) is 0. The number of carbonyl (C=O) groups excluding carboxylic acids is 1. The fraction of sp³-hybridized carbons (Fsp3) is 0. The van der Waals surface area contributed by atoms with Crippen LogP contribution in [-0.2, 0) is 0 Å². The fourth-order valence-corrected chi connectivity index (χ4v) is 3.53. The third-order valence-electron chi connectivity index (χ3n) is 3.80. The van der Waals surface area contributed by atoms with E-state index in [9.17, 15) is 4.79 Å². The van der Waals surface area contributed by atoms with Crippen LogP contribution in [0.1, 0.15) is 9.67 Å². The number of para-hydroxylation sites is 1. The highest BCUT2D eigenvalue weighted by molar-refractivity contribution is 7.21. The maximum atomic E-state index is 12.4. The molecule has 0 bridgehead atoms. The number of thiophene rings is 1. The molecule has 0 amide bonds. The summed E-state index contributed by atoms with van der Waals surface area (Å²) >= 11 is 1.25. The van der Waals surface area contributed by atoms with Crippen molar-refractivity contribution in [2.45, 2.75) is 0 Å². The Morgan fingerprint density at radius 2 is 1.60 bits per heavy atom. The second kappa shape index (κ2) is 6.37. The molecule has 0 radical (unpaired) electrons. The van der Waals surface area contributed by atoms with Gasteiger partial charge in [0.05, 0.1) is 11.4 Å². The van der Waals surface area contributed by atoms with E-state index in [1.807, 2.05) is 60.7 Å². The zero-order valence-corrected chi connectivity index (χ0v) is 14.0. The Morgan fingerprint density at radius 3 is 2.32 bits per heavy atom. The average Bonchev–Trinajstić information content (AvgIpc) is 2.99. The van der Waals surface area contributed by atoms with Crippen LogP contribution in [0, 0.1) is 0 Å². The zero-order valence-electron chi connectivity index (χ0n) is 13.2. The molecule has 0 fully saturated rings. The number of hydrogen-bond donors (Lipinski definition) is 1. The molecule has 0 unspecified atom stereocenters. The van der Waals surface area contributed by atoms with E-state index in [1.54, 1.807) is 12.1 Å². The summed E-state index contributed by atoms with van der Waals surface area (Å²) in [4.78, 5) is 18.2. The predicted octanol–water partition coefficient (Wildman–Crippen LogP) is 4.76. The smallest absolute Gasteiger partial charge is 0.355 e. The molecule has 122 valence electrons. The normalized spacial score (nSPS) is 10.7. The number of nitrogens with zero attached hydrogens (tertiary/aromatic N) is 1. The summed E-state index contributed by atoms with van der Waals surface area (Å²) < 4.78 is 5.39. The zero-order chi connectivity index (χ0) is 17.2. The van der Waals surface area contributed by atoms with Gasteiger partial charge < -0.3 is 10.5 Å². The van der Waals surface area contributed by atoms with Gasteiger partial charge in [0, 0.05) is 10.9 Å². The van der Waals surface area contributed by atoms with Crippen LogP contribution in [0.15, 0.2) is 72.8 Å². The van der Waals surface area contributed by atoms with E-state index in [0.29, 0.717) is 16.3 Å². The molecule has 2 heterocycles. The standard InChI is InChI=1S/C20H14N2O2S/c21-17-15-11-12-16(13-7-3-1-4-8-13)22-19(15)25-18(17)20(23)24-14-9-5-2-6-10-14/h1-12H,21H2. The molecule has 0 aliphatic rings. The van der Waals surface area contributed by atoms with Crippen LogP contribution in [0.5, 0.6) is 5.75 Å². The monoisotopic (exact) mass is 346 g/mol. The number of nitrogens with two attached hydrogens (primary N) is 1. The third-order valence-corrected chi connectivity index (χ3v) is 4.90. The molecule has 0 aliphatic carbocycles. The Balaban J connectivity index is 1.71. The first-order chi connectivity index (χ1) is 12.2. The lowest BCUT2D eigenvalue weighted by atomic mass is 10.1. The highest BCUT2D eigenvalue weighted by Gasteiger charge is 2.19. The van der Waals surface area contributed by atoms with Crippen LogP contribution >= 0.6 is 11.3 Å². The van der Waals surface area contributed by atoms with Crippen molar-refractivity contribution in [2.75, 3.05) is 5.73 Å². The van der Waals surface area contributed by atoms with Gasteiger partial charge in [-0.1, -0.05) is 48.5 Å². The molecule has 2 aromatic carbocycles. The van der Waals surface area contributed by atoms with Crippen molar-refractivity contribution in [3.63, 3.8) is 0 Å². The summed E-state index contributed by atoms with van der Waals surface area (Å²) in [6, 6.07) is 22.6. The molecule has 4 nitrogen and oxygen atoms in total. The van der Waals surface area contributed by atoms with Crippen molar-refractivity contribution in [1.82, 2.24) is 4.98 Å². The highest BCUT2D eigenvalue weighted by Crippen LogP contribution is 2.34. The molecular weight excluding hydrogens is 332 g/mol. The number of rotatable bonds is 3. The molecule has 5 heteroatoms. The number of benzene rings is 2. The van der Waals surface area contributed by atoms with Crippen molar-refractivity contribution in [3.05, 3.63) is 77.7 Å². The maximum Gasteiger partial charge on any atom is 0.355 e. The number of aromatic nitrogens is 1. The van der Waals surface area contributed by atoms with Crippen LogP contribution in [0.2, 0.25) is 0 Å². The van der Waals surface area contributed by atoms with E-state index in [2.05, 4.69) is 4.98 Å². The minimum atomic E-state index is -0.465. The second-order valence-corrected chi connectivity index (χ2v) is 6.46. The van der Waals surface area contributed by atoms with Crippen molar-refractivity contribution in [2.24, 2.45) is 0 Å². The number of fused-ring (bicyclic) bond motifs is 1. The van der Waals surface area contributed by atoms with E-state index >= 15 is 0 Å². The summed E-state index contributed by atoms with van der Waals surface area (Å²) in [6.45, 7) is 0. The molecule has 0 atom stereocenters. The minimum Gasteiger partial charge on any atom is -0.422 e. The molecule has 2 N–H and O–H groups in total. The van der Waals surface area contributed by atoms with Gasteiger partial charge in [-0.3, -0.25) is 0 Å². The Hall–Kier alpha value is -3.18. The van der Waals surface area contributed by atoms with Gasteiger partial charge in [0.25, 0.3) is 0 Å². The van der Waals surface area contributed by atoms with Crippen molar-refractivity contribution in [1.29, 1.82) is 0 Å². The quantitative estimate of drug-likeness (QED) is 0.429. The van der Waals surface area contributed by atoms with Gasteiger partial charge in [-0.25, -0.2) is 9.78 Å². The van der Waals surface area contributed by atoms with Crippen LogP contribution in [0.25, 0.3) is 21.5 Å². The van der Waals surface area contributed by atoms with Crippen molar-refractivity contribution in [3.8, 4) is 17.0 Å². The lowest BCUT2D eigenvalue weighted by molar-refractivity contribution is 0.0741. The first-order valence-electron chi connectivity index (χ1n) is 7.74. The number of pyridine rings is 1. The van der Waals surface area contributed by atoms with Gasteiger partial charge in [-0.15, -0.1) is 11.3 Å². The summed E-state index contributed by atoms with van der Waals surface area (Å²) in [5, 5.41) is 0.768. The minimum absolute atomic E-state index is 0.372. The van der Waals surface area contributed by atoms with E-state index in [0.717, 1.165) is 21.5 Å². The first kappa shape index (κ1) is 15.4. The van der Waals surface area contributed by atoms with Gasteiger partial charge in [-0.05, 0) is 24.3 Å². The molecule has 0 saturated carbocycles. The van der Waals surface area contributed by atoms with E-state index in [-0.39, 0.29) is 0 Å². The lowest BCUT2D eigenvalue weighted by Crippen LogP contribution is -2.08. The number of nitrogen functional groups attached to an aromatic ring is 1. The molecule has 0 spiro atoms. The molecule has 25 heavy (non-hydrogen) atoms. The van der Waals surface area contributed by atoms with Crippen LogP contribution in [0.4, 0.5) is 5.69 Å². The highest BCUT2D eigenvalue weighted by atomic mass is 32.1. The molecule has 2 aromatic heterocycles. The molecule has 4 aromatic rings. The second-order valence-electron chi connectivity index (χ2n) is 5.46. The van der Waals surface area contributed by atoms with Gasteiger partial charge in [0.1, 0.15) is 15.5 Å². The Bertz CT molecular complexity index is 1040. The van der Waals surface area contributed by atoms with E-state index in [4.69, 9.17) is 10.5 Å². The van der Waals surface area contributed by atoms with Crippen LogP contribution in [0.3, 0.4) is 0 Å². The Morgan fingerprint density at radius 1 is 0.920 bits per heavy atom. The fourth-order valence-electron chi connectivity index (χ4n) is 2.56. The first-order valence-corrected chi connectivity index (χ1v) is 8.56. The van der Waals surface area contributed by atoms with Gasteiger partial charge >= 0.3 is 5.97 Å². The van der Waals surface area contributed by atoms with Gasteiger partial charge in [0.2, 0.25) is 0 Å². The molecular formula is C20H14N2O2S. The van der Waals surface area contributed by atoms with Crippen molar-refractivity contribution < 1.29 is 9.53 Å². The summed E-state index contributed by atoms with van der Waals surface area (Å²) in [7, 11) is 0.